The van der Waals surface area contributed by atoms with E-state index in [-0.39, 0.29) is 5.04 Å². The number of hydrogen-bond acceptors (Lipinski definition) is 2. The van der Waals surface area contributed by atoms with Crippen LogP contribution in [-0.4, -0.2) is 21.9 Å². The number of benzene rings is 1. The Kier molecular flexibility index (Phi) is 4.99. The van der Waals surface area contributed by atoms with Crippen molar-refractivity contribution in [3.05, 3.63) is 29.8 Å². The highest BCUT2D eigenvalue weighted by atomic mass is 28.4. The quantitative estimate of drug-likeness (QED) is 0.817. The largest absolute Gasteiger partial charge is 0.543 e. The monoisotopic (exact) mass is 265 g/mol. The summed E-state index contributed by atoms with van der Waals surface area (Å²) in [5.74, 6) is 1.02. The molecule has 0 aliphatic carbocycles. The van der Waals surface area contributed by atoms with Crippen molar-refractivity contribution in [2.45, 2.75) is 45.3 Å². The molecule has 0 saturated carbocycles. The lowest BCUT2D eigenvalue weighted by atomic mass is 10.1. The highest BCUT2D eigenvalue weighted by molar-refractivity contribution is 6.74. The molecule has 1 aromatic carbocycles. The summed E-state index contributed by atoms with van der Waals surface area (Å²) in [6.45, 7) is 12.4. The molecule has 1 aromatic rings. The van der Waals surface area contributed by atoms with E-state index < -0.39 is 8.32 Å². The Bertz CT molecular complexity index is 382. The maximum Gasteiger partial charge on any atom is 0.250 e. The molecule has 0 atom stereocenters. The molecular weight excluding hydrogens is 238 g/mol. The van der Waals surface area contributed by atoms with Gasteiger partial charge in [0.25, 0.3) is 0 Å². The normalized spacial score (nSPS) is 12.6. The lowest BCUT2D eigenvalue weighted by Crippen LogP contribution is -2.43. The first-order valence-corrected chi connectivity index (χ1v) is 9.59. The van der Waals surface area contributed by atoms with Crippen molar-refractivity contribution < 1.29 is 4.43 Å². The summed E-state index contributed by atoms with van der Waals surface area (Å²) in [5.41, 5.74) is 1.33. The van der Waals surface area contributed by atoms with Crippen molar-refractivity contribution in [3.8, 4) is 5.75 Å². The number of nitrogens with one attached hydrogen (secondary N) is 1. The second-order valence-corrected chi connectivity index (χ2v) is 11.1. The molecule has 2 nitrogen and oxygen atoms in total. The van der Waals surface area contributed by atoms with Crippen molar-refractivity contribution in [1.82, 2.24) is 5.32 Å². The van der Waals surface area contributed by atoms with E-state index in [1.54, 1.807) is 0 Å². The number of rotatable bonds is 5. The van der Waals surface area contributed by atoms with E-state index in [1.807, 2.05) is 7.05 Å². The highest BCUT2D eigenvalue weighted by Gasteiger charge is 2.38. The summed E-state index contributed by atoms with van der Waals surface area (Å²) < 4.78 is 6.31. The van der Waals surface area contributed by atoms with Gasteiger partial charge in [0, 0.05) is 0 Å². The second-order valence-electron chi connectivity index (χ2n) is 6.36. The second kappa shape index (κ2) is 5.89. The first kappa shape index (κ1) is 15.3. The Morgan fingerprint density at radius 2 is 1.89 bits per heavy atom. The summed E-state index contributed by atoms with van der Waals surface area (Å²) in [6, 6.07) is 8.50. The molecule has 1 rings (SSSR count). The van der Waals surface area contributed by atoms with E-state index in [4.69, 9.17) is 4.43 Å². The fourth-order valence-electron chi connectivity index (χ4n) is 1.48. The van der Waals surface area contributed by atoms with Crippen LogP contribution in [0, 0.1) is 0 Å². The SMILES string of the molecule is CNCCc1cccc(O[Si](C)(C)C(C)(C)C)c1. The third-order valence-corrected chi connectivity index (χ3v) is 8.10. The van der Waals surface area contributed by atoms with Crippen molar-refractivity contribution in [1.29, 1.82) is 0 Å². The van der Waals surface area contributed by atoms with Gasteiger partial charge in [-0.1, -0.05) is 32.9 Å². The topological polar surface area (TPSA) is 21.3 Å². The van der Waals surface area contributed by atoms with Gasteiger partial charge in [-0.25, -0.2) is 0 Å². The zero-order chi connectivity index (χ0) is 13.8. The molecule has 0 aliphatic heterocycles. The van der Waals surface area contributed by atoms with Crippen molar-refractivity contribution in [2.75, 3.05) is 13.6 Å². The van der Waals surface area contributed by atoms with E-state index in [9.17, 15) is 0 Å². The highest BCUT2D eigenvalue weighted by Crippen LogP contribution is 2.37. The van der Waals surface area contributed by atoms with Gasteiger partial charge >= 0.3 is 0 Å². The molecule has 3 heteroatoms. The molecule has 0 aliphatic rings. The van der Waals surface area contributed by atoms with E-state index in [2.05, 4.69) is 63.4 Å². The van der Waals surface area contributed by atoms with Gasteiger partial charge in [-0.3, -0.25) is 0 Å². The van der Waals surface area contributed by atoms with Gasteiger partial charge in [0.05, 0.1) is 0 Å². The Hall–Kier alpha value is -0.803. The molecule has 0 unspecified atom stereocenters. The van der Waals surface area contributed by atoms with Crippen LogP contribution in [0.3, 0.4) is 0 Å². The number of hydrogen-bond donors (Lipinski definition) is 1. The molecular formula is C15H27NOSi. The van der Waals surface area contributed by atoms with Crippen molar-refractivity contribution in [2.24, 2.45) is 0 Å². The molecule has 0 aromatic heterocycles. The van der Waals surface area contributed by atoms with E-state index >= 15 is 0 Å². The van der Waals surface area contributed by atoms with Crippen LogP contribution >= 0.6 is 0 Å². The zero-order valence-electron chi connectivity index (χ0n) is 12.6. The van der Waals surface area contributed by atoms with Gasteiger partial charge in [0.2, 0.25) is 8.32 Å². The van der Waals surface area contributed by atoms with E-state index in [0.717, 1.165) is 18.7 Å². The van der Waals surface area contributed by atoms with Gasteiger partial charge < -0.3 is 9.74 Å². The standard InChI is InChI=1S/C15H27NOSi/c1-15(2,3)18(5,6)17-14-9-7-8-13(12-14)10-11-16-4/h7-9,12,16H,10-11H2,1-6H3. The minimum absolute atomic E-state index is 0.244. The van der Waals surface area contributed by atoms with Gasteiger partial charge in [0.1, 0.15) is 5.75 Å². The van der Waals surface area contributed by atoms with Crippen molar-refractivity contribution >= 4 is 8.32 Å². The average Bonchev–Trinajstić information content (AvgIpc) is 2.24. The zero-order valence-corrected chi connectivity index (χ0v) is 13.6. The molecule has 0 radical (unpaired) electrons. The first-order valence-electron chi connectivity index (χ1n) is 6.69. The third-order valence-electron chi connectivity index (χ3n) is 3.74. The van der Waals surface area contributed by atoms with Gasteiger partial charge in [-0.15, -0.1) is 0 Å². The lowest BCUT2D eigenvalue weighted by Gasteiger charge is -2.36. The third kappa shape index (κ3) is 4.14. The predicted octanol–water partition coefficient (Wildman–Crippen LogP) is 3.83. The number of likely N-dealkylation sites (N-methyl/N-ethyl adjacent to an activating group) is 1. The predicted molar refractivity (Wildman–Crippen MR) is 81.9 cm³/mol. The fourth-order valence-corrected chi connectivity index (χ4v) is 2.50. The van der Waals surface area contributed by atoms with Crippen LogP contribution in [-0.2, 0) is 6.42 Å². The maximum absolute atomic E-state index is 6.31. The van der Waals surface area contributed by atoms with Gasteiger partial charge in [-0.2, -0.15) is 0 Å². The average molecular weight is 265 g/mol. The lowest BCUT2D eigenvalue weighted by molar-refractivity contribution is 0.491. The van der Waals surface area contributed by atoms with Crippen LogP contribution in [0.5, 0.6) is 5.75 Å². The molecule has 0 spiro atoms. The smallest absolute Gasteiger partial charge is 0.250 e. The summed E-state index contributed by atoms with van der Waals surface area (Å²) in [4.78, 5) is 0. The molecule has 0 saturated heterocycles. The minimum atomic E-state index is -1.72. The molecule has 102 valence electrons. The molecule has 1 N–H and O–H groups in total. The van der Waals surface area contributed by atoms with Gasteiger partial charge in [-0.05, 0) is 55.8 Å². The molecule has 0 bridgehead atoms. The Morgan fingerprint density at radius 1 is 1.22 bits per heavy atom. The van der Waals surface area contributed by atoms with Crippen LogP contribution in [0.1, 0.15) is 26.3 Å². The minimum Gasteiger partial charge on any atom is -0.543 e. The molecule has 18 heavy (non-hydrogen) atoms. The van der Waals surface area contributed by atoms with Crippen LogP contribution < -0.4 is 9.74 Å². The van der Waals surface area contributed by atoms with Crippen molar-refractivity contribution in [3.63, 3.8) is 0 Å². The van der Waals surface area contributed by atoms with Crippen LogP contribution in [0.25, 0.3) is 0 Å². The fraction of sp³-hybridized carbons (Fsp3) is 0.600. The Morgan fingerprint density at radius 3 is 2.44 bits per heavy atom. The first-order chi connectivity index (χ1) is 8.26. The Balaban J connectivity index is 2.79. The van der Waals surface area contributed by atoms with Crippen LogP contribution in [0.2, 0.25) is 18.1 Å². The summed E-state index contributed by atoms with van der Waals surface area (Å²) in [7, 11) is 0.267. The molecule has 0 fully saturated rings. The summed E-state index contributed by atoms with van der Waals surface area (Å²) in [5, 5.41) is 3.42. The maximum atomic E-state index is 6.31. The van der Waals surface area contributed by atoms with E-state index in [1.165, 1.54) is 5.56 Å². The summed E-state index contributed by atoms with van der Waals surface area (Å²) in [6.07, 6.45) is 1.05. The van der Waals surface area contributed by atoms with Crippen LogP contribution in [0.4, 0.5) is 0 Å². The Labute approximate surface area is 113 Å². The molecule has 0 amide bonds. The molecule has 0 heterocycles. The van der Waals surface area contributed by atoms with E-state index in [0.29, 0.717) is 0 Å². The van der Waals surface area contributed by atoms with Crippen LogP contribution in [0.15, 0.2) is 24.3 Å². The summed E-state index contributed by atoms with van der Waals surface area (Å²) >= 11 is 0. The van der Waals surface area contributed by atoms with Gasteiger partial charge in [0.15, 0.2) is 0 Å².